The monoisotopic (exact) mass is 320 g/mol. The van der Waals surface area contributed by atoms with Crippen LogP contribution in [0.4, 0.5) is 0 Å². The minimum absolute atomic E-state index is 0.0170. The summed E-state index contributed by atoms with van der Waals surface area (Å²) in [5, 5.41) is 7.12. The van der Waals surface area contributed by atoms with Crippen LogP contribution in [0.15, 0.2) is 24.3 Å². The van der Waals surface area contributed by atoms with Crippen molar-refractivity contribution in [2.24, 2.45) is 0 Å². The van der Waals surface area contributed by atoms with Crippen molar-refractivity contribution in [3.05, 3.63) is 29.8 Å². The zero-order valence-corrected chi connectivity index (χ0v) is 15.0. The maximum atomic E-state index is 5.75. The second-order valence-electron chi connectivity index (χ2n) is 7.24. The minimum atomic E-state index is 0.0170. The molecule has 0 aromatic heterocycles. The van der Waals surface area contributed by atoms with E-state index in [0.29, 0.717) is 6.04 Å². The van der Waals surface area contributed by atoms with Gasteiger partial charge in [-0.3, -0.25) is 0 Å². The number of hydrogen-bond acceptors (Lipinski definition) is 4. The minimum Gasteiger partial charge on any atom is -0.491 e. The van der Waals surface area contributed by atoms with E-state index in [-0.39, 0.29) is 11.7 Å². The topological polar surface area (TPSA) is 42.5 Å². The van der Waals surface area contributed by atoms with Crippen LogP contribution in [0.3, 0.4) is 0 Å². The zero-order valence-electron chi connectivity index (χ0n) is 15.0. The summed E-state index contributed by atoms with van der Waals surface area (Å²) in [4.78, 5) is 0. The van der Waals surface area contributed by atoms with E-state index in [2.05, 4.69) is 36.6 Å². The third kappa shape index (κ3) is 6.90. The summed E-state index contributed by atoms with van der Waals surface area (Å²) in [6, 6.07) is 8.91. The average molecular weight is 320 g/mol. The molecule has 0 amide bonds. The zero-order chi connectivity index (χ0) is 16.7. The number of nitrogens with one attached hydrogen (secondary N) is 2. The fourth-order valence-corrected chi connectivity index (χ4v) is 2.96. The summed E-state index contributed by atoms with van der Waals surface area (Å²) in [7, 11) is 0. The summed E-state index contributed by atoms with van der Waals surface area (Å²) in [6.45, 7) is 12.2. The van der Waals surface area contributed by atoms with Crippen molar-refractivity contribution in [3.63, 3.8) is 0 Å². The third-order valence-electron chi connectivity index (χ3n) is 4.06. The van der Waals surface area contributed by atoms with E-state index in [1.165, 1.54) is 5.56 Å². The molecule has 1 saturated heterocycles. The van der Waals surface area contributed by atoms with Crippen LogP contribution >= 0.6 is 0 Å². The van der Waals surface area contributed by atoms with Crippen molar-refractivity contribution in [2.45, 2.75) is 64.8 Å². The summed E-state index contributed by atoms with van der Waals surface area (Å²) in [6.07, 6.45) is 2.42. The van der Waals surface area contributed by atoms with Crippen molar-refractivity contribution >= 4 is 0 Å². The standard InChI is InChI=1S/C19H32N2O2/c1-15(2)23-18-7-5-16(6-8-18)14-20-10-11-21-17-9-12-22-19(3,4)13-17/h5-8,15,17,20-21H,9-14H2,1-4H3/t17-/m0/s1. The maximum absolute atomic E-state index is 5.75. The highest BCUT2D eigenvalue weighted by molar-refractivity contribution is 5.27. The van der Waals surface area contributed by atoms with Crippen LogP contribution in [0.2, 0.25) is 0 Å². The van der Waals surface area contributed by atoms with E-state index in [1.807, 2.05) is 26.0 Å². The Kier molecular flexibility index (Phi) is 6.88. The van der Waals surface area contributed by atoms with Crippen LogP contribution in [0.25, 0.3) is 0 Å². The molecule has 130 valence electrons. The van der Waals surface area contributed by atoms with Crippen LogP contribution in [0, 0.1) is 0 Å². The Hall–Kier alpha value is -1.10. The SMILES string of the molecule is CC(C)Oc1ccc(CNCCN[C@H]2CCOC(C)(C)C2)cc1. The number of rotatable bonds is 8. The van der Waals surface area contributed by atoms with Gasteiger partial charge in [0.05, 0.1) is 11.7 Å². The van der Waals surface area contributed by atoms with Gasteiger partial charge in [0.2, 0.25) is 0 Å². The molecule has 1 heterocycles. The van der Waals surface area contributed by atoms with Gasteiger partial charge < -0.3 is 20.1 Å². The molecule has 0 unspecified atom stereocenters. The molecule has 2 N–H and O–H groups in total. The highest BCUT2D eigenvalue weighted by Gasteiger charge is 2.28. The second kappa shape index (κ2) is 8.67. The predicted octanol–water partition coefficient (Wildman–Crippen LogP) is 3.11. The van der Waals surface area contributed by atoms with E-state index >= 15 is 0 Å². The maximum Gasteiger partial charge on any atom is 0.119 e. The first-order chi connectivity index (χ1) is 10.9. The predicted molar refractivity (Wildman–Crippen MR) is 95.0 cm³/mol. The normalized spacial score (nSPS) is 20.7. The molecule has 1 aromatic rings. The van der Waals surface area contributed by atoms with Gasteiger partial charge in [-0.15, -0.1) is 0 Å². The highest BCUT2D eigenvalue weighted by Crippen LogP contribution is 2.23. The number of ether oxygens (including phenoxy) is 2. The molecule has 1 fully saturated rings. The van der Waals surface area contributed by atoms with Gasteiger partial charge in [-0.25, -0.2) is 0 Å². The Morgan fingerprint density at radius 2 is 1.96 bits per heavy atom. The van der Waals surface area contributed by atoms with Crippen LogP contribution in [0.1, 0.15) is 46.1 Å². The summed E-state index contributed by atoms with van der Waals surface area (Å²) < 4.78 is 11.4. The third-order valence-corrected chi connectivity index (χ3v) is 4.06. The molecular formula is C19H32N2O2. The Morgan fingerprint density at radius 3 is 2.61 bits per heavy atom. The van der Waals surface area contributed by atoms with Gasteiger partial charge in [-0.1, -0.05) is 12.1 Å². The summed E-state index contributed by atoms with van der Waals surface area (Å²) >= 11 is 0. The average Bonchev–Trinajstić information content (AvgIpc) is 2.47. The molecule has 23 heavy (non-hydrogen) atoms. The quantitative estimate of drug-likeness (QED) is 0.722. The Balaban J connectivity index is 1.60. The summed E-state index contributed by atoms with van der Waals surface area (Å²) in [5.74, 6) is 0.938. The molecule has 4 nitrogen and oxygen atoms in total. The first-order valence-electron chi connectivity index (χ1n) is 8.78. The van der Waals surface area contributed by atoms with Gasteiger partial charge in [-0.05, 0) is 58.2 Å². The van der Waals surface area contributed by atoms with Gasteiger partial charge in [0.15, 0.2) is 0 Å². The van der Waals surface area contributed by atoms with Crippen LogP contribution in [-0.4, -0.2) is 37.4 Å². The molecule has 0 aliphatic carbocycles. The lowest BCUT2D eigenvalue weighted by Gasteiger charge is -2.36. The van der Waals surface area contributed by atoms with E-state index in [0.717, 1.165) is 44.8 Å². The van der Waals surface area contributed by atoms with Crippen LogP contribution in [0.5, 0.6) is 5.75 Å². The first kappa shape index (κ1) is 18.2. The Morgan fingerprint density at radius 1 is 1.22 bits per heavy atom. The number of hydrogen-bond donors (Lipinski definition) is 2. The van der Waals surface area contributed by atoms with Gasteiger partial charge in [0.1, 0.15) is 5.75 Å². The molecule has 1 aromatic carbocycles. The van der Waals surface area contributed by atoms with Crippen molar-refractivity contribution in [1.29, 1.82) is 0 Å². The molecule has 0 spiro atoms. The molecule has 0 bridgehead atoms. The van der Waals surface area contributed by atoms with E-state index < -0.39 is 0 Å². The number of benzene rings is 1. The van der Waals surface area contributed by atoms with Crippen LogP contribution < -0.4 is 15.4 Å². The molecule has 4 heteroatoms. The van der Waals surface area contributed by atoms with Crippen molar-refractivity contribution < 1.29 is 9.47 Å². The van der Waals surface area contributed by atoms with E-state index in [9.17, 15) is 0 Å². The largest absolute Gasteiger partial charge is 0.491 e. The molecule has 1 aliphatic rings. The first-order valence-corrected chi connectivity index (χ1v) is 8.78. The van der Waals surface area contributed by atoms with Crippen molar-refractivity contribution in [2.75, 3.05) is 19.7 Å². The summed E-state index contributed by atoms with van der Waals surface area (Å²) in [5.41, 5.74) is 1.30. The van der Waals surface area contributed by atoms with Crippen molar-refractivity contribution in [3.8, 4) is 5.75 Å². The second-order valence-corrected chi connectivity index (χ2v) is 7.24. The fourth-order valence-electron chi connectivity index (χ4n) is 2.96. The smallest absolute Gasteiger partial charge is 0.119 e. The Labute approximate surface area is 140 Å². The van der Waals surface area contributed by atoms with Crippen LogP contribution in [-0.2, 0) is 11.3 Å². The van der Waals surface area contributed by atoms with Gasteiger partial charge >= 0.3 is 0 Å². The lowest BCUT2D eigenvalue weighted by molar-refractivity contribution is -0.0627. The molecule has 0 radical (unpaired) electrons. The van der Waals surface area contributed by atoms with Gasteiger partial charge in [0.25, 0.3) is 0 Å². The van der Waals surface area contributed by atoms with E-state index in [4.69, 9.17) is 9.47 Å². The molecular weight excluding hydrogens is 288 g/mol. The van der Waals surface area contributed by atoms with Gasteiger partial charge in [0, 0.05) is 32.3 Å². The van der Waals surface area contributed by atoms with Gasteiger partial charge in [-0.2, -0.15) is 0 Å². The highest BCUT2D eigenvalue weighted by atomic mass is 16.5. The molecule has 1 atom stereocenters. The lowest BCUT2D eigenvalue weighted by atomic mass is 9.94. The molecule has 0 saturated carbocycles. The van der Waals surface area contributed by atoms with E-state index in [1.54, 1.807) is 0 Å². The Bertz CT molecular complexity index is 457. The molecule has 2 rings (SSSR count). The fraction of sp³-hybridized carbons (Fsp3) is 0.684. The molecule has 1 aliphatic heterocycles. The lowest BCUT2D eigenvalue weighted by Crippen LogP contribution is -2.45. The van der Waals surface area contributed by atoms with Crippen molar-refractivity contribution in [1.82, 2.24) is 10.6 Å².